The van der Waals surface area contributed by atoms with E-state index in [1.807, 2.05) is 12.1 Å². The largest absolute Gasteiger partial charge is 0.451 e. The van der Waals surface area contributed by atoms with Crippen molar-refractivity contribution < 1.29 is 18.9 Å². The topological polar surface area (TPSA) is 114 Å². The minimum atomic E-state index is -0.466. The molecule has 0 saturated carbocycles. The second kappa shape index (κ2) is 10.1. The predicted octanol–water partition coefficient (Wildman–Crippen LogP) is 6.97. The number of nitrogens with one attached hydrogen (secondary N) is 2. The van der Waals surface area contributed by atoms with Crippen molar-refractivity contribution in [2.45, 2.75) is 33.1 Å². The highest BCUT2D eigenvalue weighted by molar-refractivity contribution is 6.05. The molecular weight excluding hydrogens is 470 g/mol. The number of carbonyl (C=O) groups is 2. The van der Waals surface area contributed by atoms with Crippen LogP contribution in [0.4, 0.5) is 17.1 Å². The van der Waals surface area contributed by atoms with E-state index in [1.54, 1.807) is 61.5 Å². The zero-order valence-corrected chi connectivity index (χ0v) is 21.0. The molecule has 0 aliphatic heterocycles. The smallest absolute Gasteiger partial charge is 0.291 e. The van der Waals surface area contributed by atoms with Crippen LogP contribution in [0.15, 0.2) is 83.3 Å². The third kappa shape index (κ3) is 5.92. The molecule has 0 fully saturated rings. The number of benzene rings is 3. The van der Waals surface area contributed by atoms with Crippen LogP contribution in [0, 0.1) is 17.0 Å². The first-order valence-electron chi connectivity index (χ1n) is 11.7. The number of non-ortho nitro benzene ring substituents is 1. The monoisotopic (exact) mass is 497 g/mol. The van der Waals surface area contributed by atoms with Crippen LogP contribution in [0.1, 0.15) is 52.8 Å². The molecule has 2 amide bonds. The lowest BCUT2D eigenvalue weighted by Crippen LogP contribution is -2.15. The van der Waals surface area contributed by atoms with E-state index >= 15 is 0 Å². The maximum atomic E-state index is 12.8. The molecule has 0 bridgehead atoms. The minimum Gasteiger partial charge on any atom is -0.451 e. The normalized spacial score (nSPS) is 11.1. The molecule has 188 valence electrons. The summed E-state index contributed by atoms with van der Waals surface area (Å²) < 4.78 is 5.72. The number of hydrogen-bond donors (Lipinski definition) is 2. The number of nitrogens with zero attached hydrogens (tertiary/aromatic N) is 1. The molecule has 0 unspecified atom stereocenters. The number of rotatable bonds is 6. The fourth-order valence-electron chi connectivity index (χ4n) is 3.83. The Balaban J connectivity index is 1.43. The number of hydrogen-bond acceptors (Lipinski definition) is 5. The highest BCUT2D eigenvalue weighted by Crippen LogP contribution is 2.29. The van der Waals surface area contributed by atoms with E-state index in [4.69, 9.17) is 4.42 Å². The summed E-state index contributed by atoms with van der Waals surface area (Å²) in [5, 5.41) is 16.6. The summed E-state index contributed by atoms with van der Waals surface area (Å²) in [5.74, 6) is -0.206. The van der Waals surface area contributed by atoms with Gasteiger partial charge in [-0.15, -0.1) is 0 Å². The third-order valence-corrected chi connectivity index (χ3v) is 5.91. The summed E-state index contributed by atoms with van der Waals surface area (Å²) in [6, 6.07) is 21.9. The summed E-state index contributed by atoms with van der Waals surface area (Å²) in [6.07, 6.45) is 0. The van der Waals surface area contributed by atoms with Crippen LogP contribution in [-0.2, 0) is 5.41 Å². The van der Waals surface area contributed by atoms with E-state index in [0.29, 0.717) is 33.8 Å². The van der Waals surface area contributed by atoms with Crippen molar-refractivity contribution in [2.24, 2.45) is 0 Å². The second-order valence-corrected chi connectivity index (χ2v) is 9.74. The highest BCUT2D eigenvalue weighted by Gasteiger charge is 2.17. The number of furan rings is 1. The summed E-state index contributed by atoms with van der Waals surface area (Å²) in [6.45, 7) is 8.08. The van der Waals surface area contributed by atoms with E-state index in [9.17, 15) is 19.7 Å². The van der Waals surface area contributed by atoms with Crippen molar-refractivity contribution in [3.63, 3.8) is 0 Å². The van der Waals surface area contributed by atoms with Crippen LogP contribution in [-0.4, -0.2) is 16.7 Å². The summed E-state index contributed by atoms with van der Waals surface area (Å²) in [5.41, 5.74) is 3.98. The SMILES string of the molecule is Cc1cc([N+](=O)[O-])ccc1-c1ccc(C(=O)Nc2cccc(NC(=O)c3ccc(C(C)(C)C)cc3)c2)o1. The Morgan fingerprint density at radius 3 is 2.08 bits per heavy atom. The maximum absolute atomic E-state index is 12.8. The zero-order valence-electron chi connectivity index (χ0n) is 21.0. The van der Waals surface area contributed by atoms with Gasteiger partial charge in [-0.05, 0) is 72.0 Å². The van der Waals surface area contributed by atoms with Gasteiger partial charge in [0, 0.05) is 34.6 Å². The average molecular weight is 498 g/mol. The lowest BCUT2D eigenvalue weighted by Gasteiger charge is -2.19. The summed E-state index contributed by atoms with van der Waals surface area (Å²) >= 11 is 0. The van der Waals surface area contributed by atoms with Gasteiger partial charge in [-0.25, -0.2) is 0 Å². The van der Waals surface area contributed by atoms with Crippen molar-refractivity contribution in [3.8, 4) is 11.3 Å². The molecule has 1 heterocycles. The van der Waals surface area contributed by atoms with E-state index in [-0.39, 0.29) is 22.8 Å². The molecule has 0 aliphatic rings. The van der Waals surface area contributed by atoms with Gasteiger partial charge in [0.15, 0.2) is 5.76 Å². The molecular formula is C29H27N3O5. The Bertz CT molecular complexity index is 1480. The second-order valence-electron chi connectivity index (χ2n) is 9.74. The first-order valence-corrected chi connectivity index (χ1v) is 11.7. The molecule has 8 heteroatoms. The standard InChI is InChI=1S/C29H27N3O5/c1-18-16-23(32(35)36)12-13-24(18)25-14-15-26(37-25)28(34)31-22-7-5-6-21(17-22)30-27(33)19-8-10-20(11-9-19)29(2,3)4/h5-17H,1-4H3,(H,30,33)(H,31,34). The number of nitro benzene ring substituents is 1. The van der Waals surface area contributed by atoms with E-state index in [0.717, 1.165) is 5.56 Å². The van der Waals surface area contributed by atoms with Crippen LogP contribution in [0.5, 0.6) is 0 Å². The van der Waals surface area contributed by atoms with Crippen molar-refractivity contribution in [1.82, 2.24) is 0 Å². The van der Waals surface area contributed by atoms with Crippen LogP contribution >= 0.6 is 0 Å². The van der Waals surface area contributed by atoms with Crippen LogP contribution in [0.25, 0.3) is 11.3 Å². The number of amides is 2. The quantitative estimate of drug-likeness (QED) is 0.221. The first kappa shape index (κ1) is 25.4. The Morgan fingerprint density at radius 1 is 0.838 bits per heavy atom. The Morgan fingerprint density at radius 2 is 1.49 bits per heavy atom. The predicted molar refractivity (Wildman–Crippen MR) is 143 cm³/mol. The number of anilines is 2. The van der Waals surface area contributed by atoms with Gasteiger partial charge in [0.2, 0.25) is 0 Å². The molecule has 4 rings (SSSR count). The van der Waals surface area contributed by atoms with Gasteiger partial charge >= 0.3 is 0 Å². The van der Waals surface area contributed by atoms with Crippen molar-refractivity contribution in [1.29, 1.82) is 0 Å². The van der Waals surface area contributed by atoms with Crippen LogP contribution in [0.3, 0.4) is 0 Å². The molecule has 3 aromatic carbocycles. The maximum Gasteiger partial charge on any atom is 0.291 e. The summed E-state index contributed by atoms with van der Waals surface area (Å²) in [4.78, 5) is 36.0. The molecule has 0 saturated heterocycles. The summed E-state index contributed by atoms with van der Waals surface area (Å²) in [7, 11) is 0. The number of aryl methyl sites for hydroxylation is 1. The Hall–Kier alpha value is -4.72. The molecule has 1 aromatic heterocycles. The lowest BCUT2D eigenvalue weighted by atomic mass is 9.87. The third-order valence-electron chi connectivity index (χ3n) is 5.91. The van der Waals surface area contributed by atoms with Gasteiger partial charge in [-0.3, -0.25) is 19.7 Å². The molecule has 2 N–H and O–H groups in total. The first-order chi connectivity index (χ1) is 17.5. The lowest BCUT2D eigenvalue weighted by molar-refractivity contribution is -0.384. The number of carbonyl (C=O) groups excluding carboxylic acids is 2. The van der Waals surface area contributed by atoms with E-state index in [2.05, 4.69) is 31.4 Å². The van der Waals surface area contributed by atoms with Gasteiger partial charge in [0.1, 0.15) is 5.76 Å². The average Bonchev–Trinajstić information content (AvgIpc) is 3.34. The van der Waals surface area contributed by atoms with Gasteiger partial charge in [0.25, 0.3) is 17.5 Å². The van der Waals surface area contributed by atoms with Gasteiger partial charge in [-0.2, -0.15) is 0 Å². The molecule has 0 aliphatic carbocycles. The van der Waals surface area contributed by atoms with Crippen LogP contribution < -0.4 is 10.6 Å². The fourth-order valence-corrected chi connectivity index (χ4v) is 3.83. The number of nitro groups is 1. The van der Waals surface area contributed by atoms with E-state index in [1.165, 1.54) is 12.1 Å². The van der Waals surface area contributed by atoms with Crippen LogP contribution in [0.2, 0.25) is 0 Å². The molecule has 0 spiro atoms. The molecule has 37 heavy (non-hydrogen) atoms. The van der Waals surface area contributed by atoms with Crippen molar-refractivity contribution >= 4 is 28.9 Å². The van der Waals surface area contributed by atoms with Gasteiger partial charge in [-0.1, -0.05) is 39.0 Å². The fraction of sp³-hybridized carbons (Fsp3) is 0.172. The Labute approximate surface area is 214 Å². The Kier molecular flexibility index (Phi) is 6.93. The van der Waals surface area contributed by atoms with Crippen molar-refractivity contribution in [3.05, 3.63) is 111 Å². The van der Waals surface area contributed by atoms with E-state index < -0.39 is 10.8 Å². The molecule has 4 aromatic rings. The van der Waals surface area contributed by atoms with Gasteiger partial charge < -0.3 is 15.1 Å². The zero-order chi connectivity index (χ0) is 26.7. The molecule has 0 radical (unpaired) electrons. The highest BCUT2D eigenvalue weighted by atomic mass is 16.6. The minimum absolute atomic E-state index is 0.00299. The molecule has 0 atom stereocenters. The molecule has 8 nitrogen and oxygen atoms in total. The van der Waals surface area contributed by atoms with Crippen molar-refractivity contribution in [2.75, 3.05) is 10.6 Å². The van der Waals surface area contributed by atoms with Gasteiger partial charge in [0.05, 0.1) is 4.92 Å².